The molecule has 0 atom stereocenters. The second kappa shape index (κ2) is 4.19. The Labute approximate surface area is 96.4 Å². The number of ether oxygens (including phenoxy) is 1. The Morgan fingerprint density at radius 2 is 1.93 bits per heavy atom. The van der Waals surface area contributed by atoms with Crippen molar-refractivity contribution >= 4 is 17.2 Å². The molecule has 0 amide bonds. The van der Waals surface area contributed by atoms with E-state index in [2.05, 4.69) is 13.0 Å². The zero-order valence-electron chi connectivity index (χ0n) is 9.63. The van der Waals surface area contributed by atoms with Gasteiger partial charge in [-0.15, -0.1) is 0 Å². The Morgan fingerprint density at radius 1 is 1.33 bits per heavy atom. The minimum Gasteiger partial charge on any atom is -0.480 e. The molecule has 0 saturated carbocycles. The zero-order valence-corrected chi connectivity index (χ0v) is 10.4. The topological polar surface area (TPSA) is 35.2 Å². The first-order valence-electron chi connectivity index (χ1n) is 4.89. The van der Waals surface area contributed by atoms with E-state index >= 15 is 0 Å². The molecule has 1 aromatic carbocycles. The zero-order chi connectivity index (χ0) is 11.6. The van der Waals surface area contributed by atoms with E-state index in [0.29, 0.717) is 4.99 Å². The van der Waals surface area contributed by atoms with Crippen molar-refractivity contribution in [3.8, 4) is 5.75 Å². The van der Waals surface area contributed by atoms with E-state index in [1.54, 1.807) is 0 Å². The lowest BCUT2D eigenvalue weighted by Crippen LogP contribution is -2.42. The number of aryl methyl sites for hydroxylation is 2. The van der Waals surface area contributed by atoms with E-state index in [0.717, 1.165) is 11.3 Å². The highest BCUT2D eigenvalue weighted by Gasteiger charge is 2.23. The van der Waals surface area contributed by atoms with E-state index in [9.17, 15) is 0 Å². The molecule has 15 heavy (non-hydrogen) atoms. The van der Waals surface area contributed by atoms with Crippen LogP contribution in [-0.2, 0) is 0 Å². The van der Waals surface area contributed by atoms with Gasteiger partial charge >= 0.3 is 0 Å². The van der Waals surface area contributed by atoms with E-state index in [1.165, 1.54) is 5.56 Å². The molecule has 0 radical (unpaired) electrons. The van der Waals surface area contributed by atoms with Crippen molar-refractivity contribution in [2.45, 2.75) is 33.3 Å². The highest BCUT2D eigenvalue weighted by molar-refractivity contribution is 7.80. The molecule has 0 bridgehead atoms. The van der Waals surface area contributed by atoms with Crippen LogP contribution in [0.3, 0.4) is 0 Å². The van der Waals surface area contributed by atoms with Crippen LogP contribution in [0.4, 0.5) is 0 Å². The molecule has 0 spiro atoms. The first-order valence-corrected chi connectivity index (χ1v) is 5.30. The molecule has 1 rings (SSSR count). The fourth-order valence-corrected chi connectivity index (χ4v) is 1.28. The molecule has 0 aliphatic rings. The first kappa shape index (κ1) is 12.0. The van der Waals surface area contributed by atoms with Gasteiger partial charge in [-0.3, -0.25) is 0 Å². The lowest BCUT2D eigenvalue weighted by molar-refractivity contribution is 0.182. The second-order valence-electron chi connectivity index (χ2n) is 4.25. The molecule has 0 aliphatic carbocycles. The van der Waals surface area contributed by atoms with Crippen LogP contribution in [0.2, 0.25) is 0 Å². The van der Waals surface area contributed by atoms with Gasteiger partial charge in [0, 0.05) is 0 Å². The summed E-state index contributed by atoms with van der Waals surface area (Å²) in [5.41, 5.74) is 7.31. The van der Waals surface area contributed by atoms with Gasteiger partial charge in [0.25, 0.3) is 0 Å². The fourth-order valence-electron chi connectivity index (χ4n) is 1.24. The van der Waals surface area contributed by atoms with Crippen molar-refractivity contribution in [2.75, 3.05) is 0 Å². The maximum Gasteiger partial charge on any atom is 0.153 e. The maximum atomic E-state index is 5.78. The third-order valence-corrected chi connectivity index (χ3v) is 2.78. The van der Waals surface area contributed by atoms with Gasteiger partial charge in [0.2, 0.25) is 0 Å². The van der Waals surface area contributed by atoms with Crippen LogP contribution in [0.5, 0.6) is 5.75 Å². The van der Waals surface area contributed by atoms with Crippen LogP contribution < -0.4 is 10.5 Å². The molecule has 2 N–H and O–H groups in total. The van der Waals surface area contributed by atoms with Crippen molar-refractivity contribution in [3.63, 3.8) is 0 Å². The van der Waals surface area contributed by atoms with Crippen molar-refractivity contribution < 1.29 is 4.74 Å². The number of hydrogen-bond donors (Lipinski definition) is 1. The summed E-state index contributed by atoms with van der Waals surface area (Å²) in [4.78, 5) is 0.363. The summed E-state index contributed by atoms with van der Waals surface area (Å²) in [6.07, 6.45) is 0. The molecule has 0 aliphatic heterocycles. The van der Waals surface area contributed by atoms with Crippen molar-refractivity contribution in [1.29, 1.82) is 0 Å². The van der Waals surface area contributed by atoms with Crippen LogP contribution in [-0.4, -0.2) is 10.6 Å². The molecule has 0 saturated heterocycles. The third-order valence-electron chi connectivity index (χ3n) is 2.29. The van der Waals surface area contributed by atoms with Gasteiger partial charge in [0.05, 0.1) is 0 Å². The molecule has 82 valence electrons. The molecule has 0 unspecified atom stereocenters. The van der Waals surface area contributed by atoms with Crippen LogP contribution >= 0.6 is 12.2 Å². The maximum absolute atomic E-state index is 5.78. The fraction of sp³-hybridized carbons (Fsp3) is 0.417. The van der Waals surface area contributed by atoms with Crippen molar-refractivity contribution in [3.05, 3.63) is 29.3 Å². The Morgan fingerprint density at radius 3 is 2.40 bits per heavy atom. The highest BCUT2D eigenvalue weighted by Crippen LogP contribution is 2.23. The average Bonchev–Trinajstić information content (AvgIpc) is 2.09. The van der Waals surface area contributed by atoms with Gasteiger partial charge in [0.15, 0.2) is 5.60 Å². The molecular formula is C12H17NOS. The van der Waals surface area contributed by atoms with Crippen molar-refractivity contribution in [2.24, 2.45) is 5.73 Å². The SMILES string of the molecule is Cc1ccc(OC(C)(C)C(N)=S)c(C)c1. The van der Waals surface area contributed by atoms with Gasteiger partial charge in [0.1, 0.15) is 10.7 Å². The summed E-state index contributed by atoms with van der Waals surface area (Å²) in [6, 6.07) is 6.04. The molecule has 1 aromatic rings. The summed E-state index contributed by atoms with van der Waals surface area (Å²) in [5, 5.41) is 0. The van der Waals surface area contributed by atoms with Gasteiger partial charge in [-0.1, -0.05) is 29.9 Å². The lowest BCUT2D eigenvalue weighted by atomic mass is 10.1. The molecule has 0 aromatic heterocycles. The smallest absolute Gasteiger partial charge is 0.153 e. The van der Waals surface area contributed by atoms with Crippen LogP contribution in [0.25, 0.3) is 0 Å². The van der Waals surface area contributed by atoms with Gasteiger partial charge in [-0.2, -0.15) is 0 Å². The monoisotopic (exact) mass is 223 g/mol. The molecule has 0 heterocycles. The third kappa shape index (κ3) is 2.93. The van der Waals surface area contributed by atoms with Crippen LogP contribution in [0, 0.1) is 13.8 Å². The normalized spacial score (nSPS) is 11.2. The van der Waals surface area contributed by atoms with Crippen LogP contribution in [0.1, 0.15) is 25.0 Å². The predicted octanol–water partition coefficient (Wildman–Crippen LogP) is 2.75. The molecule has 2 nitrogen and oxygen atoms in total. The largest absolute Gasteiger partial charge is 0.480 e. The summed E-state index contributed by atoms with van der Waals surface area (Å²) in [5.74, 6) is 0.832. The number of thiocarbonyl (C=S) groups is 1. The number of hydrogen-bond acceptors (Lipinski definition) is 2. The van der Waals surface area contributed by atoms with E-state index in [1.807, 2.05) is 32.9 Å². The van der Waals surface area contributed by atoms with Gasteiger partial charge in [-0.05, 0) is 39.3 Å². The Hall–Kier alpha value is -1.09. The minimum absolute atomic E-state index is 0.363. The molecule has 0 fully saturated rings. The Kier molecular flexibility index (Phi) is 3.35. The summed E-state index contributed by atoms with van der Waals surface area (Å²) in [6.45, 7) is 7.80. The summed E-state index contributed by atoms with van der Waals surface area (Å²) in [7, 11) is 0. The first-order chi connectivity index (χ1) is 6.83. The predicted molar refractivity (Wildman–Crippen MR) is 67.4 cm³/mol. The van der Waals surface area contributed by atoms with E-state index in [-0.39, 0.29) is 0 Å². The van der Waals surface area contributed by atoms with Crippen molar-refractivity contribution in [1.82, 2.24) is 0 Å². The minimum atomic E-state index is -0.602. The van der Waals surface area contributed by atoms with Gasteiger partial charge in [-0.25, -0.2) is 0 Å². The summed E-state index contributed by atoms with van der Waals surface area (Å²) < 4.78 is 5.78. The number of nitrogens with two attached hydrogens (primary N) is 1. The quantitative estimate of drug-likeness (QED) is 0.800. The standard InChI is InChI=1S/C12H17NOS/c1-8-5-6-10(9(2)7-8)14-12(3,4)11(13)15/h5-7H,1-4H3,(H2,13,15). The Balaban J connectivity index is 2.95. The van der Waals surface area contributed by atoms with Gasteiger partial charge < -0.3 is 10.5 Å². The lowest BCUT2D eigenvalue weighted by Gasteiger charge is -2.26. The van der Waals surface area contributed by atoms with E-state index < -0.39 is 5.60 Å². The highest BCUT2D eigenvalue weighted by atomic mass is 32.1. The van der Waals surface area contributed by atoms with E-state index in [4.69, 9.17) is 22.7 Å². The average molecular weight is 223 g/mol. The molecule has 3 heteroatoms. The molecular weight excluding hydrogens is 206 g/mol. The van der Waals surface area contributed by atoms with Crippen LogP contribution in [0.15, 0.2) is 18.2 Å². The number of rotatable bonds is 3. The summed E-state index contributed by atoms with van der Waals surface area (Å²) >= 11 is 4.95. The number of benzene rings is 1. The second-order valence-corrected chi connectivity index (χ2v) is 4.69. The Bertz CT molecular complexity index is 385.